The van der Waals surface area contributed by atoms with Crippen LogP contribution in [0.3, 0.4) is 0 Å². The van der Waals surface area contributed by atoms with Crippen molar-refractivity contribution in [2.75, 3.05) is 6.54 Å². The average Bonchev–Trinajstić information content (AvgIpc) is 2.36. The Kier molecular flexibility index (Phi) is 6.12. The lowest BCUT2D eigenvalue weighted by atomic mass is 10.2. The summed E-state index contributed by atoms with van der Waals surface area (Å²) in [6.07, 6.45) is 0.406. The predicted octanol–water partition coefficient (Wildman–Crippen LogP) is 0.338. The molecule has 1 amide bonds. The molecule has 1 rings (SSSR count). The van der Waals surface area contributed by atoms with E-state index in [1.54, 1.807) is 12.1 Å². The largest absolute Gasteiger partial charge is 0.352 e. The Morgan fingerprint density at radius 1 is 1.30 bits per heavy atom. The fraction of sp³-hybridized carbons (Fsp3) is 0.462. The van der Waals surface area contributed by atoms with Crippen molar-refractivity contribution in [2.45, 2.75) is 37.8 Å². The molecule has 0 saturated carbocycles. The Bertz CT molecular complexity index is 540. The van der Waals surface area contributed by atoms with Crippen molar-refractivity contribution in [3.05, 3.63) is 29.8 Å². The Labute approximate surface area is 119 Å². The van der Waals surface area contributed by atoms with Crippen LogP contribution in [0.4, 0.5) is 0 Å². The zero-order valence-corrected chi connectivity index (χ0v) is 12.5. The van der Waals surface area contributed by atoms with Crippen molar-refractivity contribution in [2.24, 2.45) is 5.14 Å². The lowest BCUT2D eigenvalue weighted by Gasteiger charge is -2.12. The normalized spacial score (nSPS) is 12.9. The Morgan fingerprint density at radius 2 is 1.90 bits per heavy atom. The van der Waals surface area contributed by atoms with Gasteiger partial charge >= 0.3 is 0 Å². The second-order valence-electron chi connectivity index (χ2n) is 4.63. The van der Waals surface area contributed by atoms with Gasteiger partial charge in [0.05, 0.1) is 4.90 Å². The molecule has 0 aromatic heterocycles. The van der Waals surface area contributed by atoms with E-state index in [1.807, 2.05) is 13.8 Å². The summed E-state index contributed by atoms with van der Waals surface area (Å²) < 4.78 is 22.2. The molecule has 20 heavy (non-hydrogen) atoms. The van der Waals surface area contributed by atoms with Gasteiger partial charge < -0.3 is 10.6 Å². The zero-order valence-electron chi connectivity index (χ0n) is 11.7. The molecule has 0 bridgehead atoms. The summed E-state index contributed by atoms with van der Waals surface area (Å²) >= 11 is 0. The smallest absolute Gasteiger partial charge is 0.238 e. The van der Waals surface area contributed by atoms with Gasteiger partial charge in [0.1, 0.15) is 0 Å². The highest BCUT2D eigenvalue weighted by atomic mass is 32.2. The third kappa shape index (κ3) is 5.68. The Hall–Kier alpha value is -1.44. The fourth-order valence-electron chi connectivity index (χ4n) is 1.77. The number of rotatable bonds is 7. The molecule has 1 aromatic rings. The molecule has 1 atom stereocenters. The van der Waals surface area contributed by atoms with Crippen LogP contribution in [0.25, 0.3) is 0 Å². The van der Waals surface area contributed by atoms with Crippen LogP contribution in [0, 0.1) is 0 Å². The highest BCUT2D eigenvalue weighted by Crippen LogP contribution is 2.08. The molecule has 0 fully saturated rings. The van der Waals surface area contributed by atoms with E-state index in [9.17, 15) is 13.2 Å². The van der Waals surface area contributed by atoms with E-state index < -0.39 is 10.0 Å². The molecule has 1 aromatic carbocycles. The monoisotopic (exact) mass is 299 g/mol. The number of hydrogen-bond donors (Lipinski definition) is 3. The van der Waals surface area contributed by atoms with Gasteiger partial charge in [0.15, 0.2) is 0 Å². The third-order valence-corrected chi connectivity index (χ3v) is 3.71. The van der Waals surface area contributed by atoms with E-state index >= 15 is 0 Å². The fourth-order valence-corrected chi connectivity index (χ4v) is 2.28. The summed E-state index contributed by atoms with van der Waals surface area (Å²) in [6, 6.07) is 6.25. The summed E-state index contributed by atoms with van der Waals surface area (Å²) in [5.74, 6) is -0.0472. The molecule has 112 valence electrons. The summed E-state index contributed by atoms with van der Waals surface area (Å²) in [5.41, 5.74) is 0.821. The van der Waals surface area contributed by atoms with Crippen molar-refractivity contribution < 1.29 is 13.2 Å². The van der Waals surface area contributed by atoms with Crippen LogP contribution in [0.5, 0.6) is 0 Å². The first kappa shape index (κ1) is 16.6. The molecule has 6 nitrogen and oxygen atoms in total. The molecule has 7 heteroatoms. The number of hydrogen-bond acceptors (Lipinski definition) is 4. The van der Waals surface area contributed by atoms with E-state index in [2.05, 4.69) is 10.6 Å². The van der Waals surface area contributed by atoms with Crippen molar-refractivity contribution in [3.8, 4) is 0 Å². The van der Waals surface area contributed by atoms with Crippen molar-refractivity contribution in [1.82, 2.24) is 10.6 Å². The lowest BCUT2D eigenvalue weighted by molar-refractivity contribution is -0.121. The second kappa shape index (κ2) is 7.37. The first-order valence-electron chi connectivity index (χ1n) is 6.44. The number of amides is 1. The van der Waals surface area contributed by atoms with E-state index in [-0.39, 0.29) is 16.8 Å². The van der Waals surface area contributed by atoms with Gasteiger partial charge in [-0.3, -0.25) is 4.79 Å². The van der Waals surface area contributed by atoms with Crippen LogP contribution in [0.2, 0.25) is 0 Å². The average molecular weight is 299 g/mol. The first-order valence-corrected chi connectivity index (χ1v) is 7.99. The maximum atomic E-state index is 11.7. The molecule has 0 saturated heterocycles. The van der Waals surface area contributed by atoms with Gasteiger partial charge in [0, 0.05) is 19.0 Å². The maximum Gasteiger partial charge on any atom is 0.238 e. The van der Waals surface area contributed by atoms with Gasteiger partial charge in [0.2, 0.25) is 15.9 Å². The molecule has 0 heterocycles. The lowest BCUT2D eigenvalue weighted by Crippen LogP contribution is -2.33. The minimum atomic E-state index is -3.67. The van der Waals surface area contributed by atoms with Crippen LogP contribution in [0.15, 0.2) is 29.2 Å². The second-order valence-corrected chi connectivity index (χ2v) is 6.19. The maximum absolute atomic E-state index is 11.7. The van der Waals surface area contributed by atoms with E-state index in [0.29, 0.717) is 13.0 Å². The first-order chi connectivity index (χ1) is 9.32. The minimum absolute atomic E-state index is 0.0472. The van der Waals surface area contributed by atoms with Gasteiger partial charge in [-0.05, 0) is 31.2 Å². The Morgan fingerprint density at radius 3 is 2.40 bits per heavy atom. The standard InChI is InChI=1S/C13H21N3O3S/c1-3-15-10(2)8-13(17)16-9-11-4-6-12(7-5-11)20(14,18)19/h4-7,10,15H,3,8-9H2,1-2H3,(H,16,17)(H2,14,18,19). The van der Waals surface area contributed by atoms with Gasteiger partial charge in [0.25, 0.3) is 0 Å². The van der Waals surface area contributed by atoms with E-state index in [0.717, 1.165) is 12.1 Å². The molecule has 0 aliphatic heterocycles. The number of sulfonamides is 1. The third-order valence-electron chi connectivity index (χ3n) is 2.79. The molecule has 0 radical (unpaired) electrons. The SMILES string of the molecule is CCNC(C)CC(=O)NCc1ccc(S(N)(=O)=O)cc1. The summed E-state index contributed by atoms with van der Waals surface area (Å²) in [5, 5.41) is 11.0. The molecule has 0 spiro atoms. The van der Waals surface area contributed by atoms with Gasteiger partial charge in [-0.15, -0.1) is 0 Å². The van der Waals surface area contributed by atoms with E-state index in [1.165, 1.54) is 12.1 Å². The van der Waals surface area contributed by atoms with Crippen LogP contribution >= 0.6 is 0 Å². The summed E-state index contributed by atoms with van der Waals surface area (Å²) in [6.45, 7) is 5.12. The van der Waals surface area contributed by atoms with Gasteiger partial charge in [-0.1, -0.05) is 19.1 Å². The number of benzene rings is 1. The molecule has 4 N–H and O–H groups in total. The number of carbonyl (C=O) groups is 1. The van der Waals surface area contributed by atoms with Crippen LogP contribution in [-0.2, 0) is 21.4 Å². The number of carbonyl (C=O) groups excluding carboxylic acids is 1. The quantitative estimate of drug-likeness (QED) is 0.675. The minimum Gasteiger partial charge on any atom is -0.352 e. The number of nitrogens with two attached hydrogens (primary N) is 1. The predicted molar refractivity (Wildman–Crippen MR) is 77.4 cm³/mol. The van der Waals surface area contributed by atoms with E-state index in [4.69, 9.17) is 5.14 Å². The number of nitrogens with one attached hydrogen (secondary N) is 2. The molecule has 0 aliphatic carbocycles. The van der Waals surface area contributed by atoms with Crippen molar-refractivity contribution in [1.29, 1.82) is 0 Å². The summed E-state index contributed by atoms with van der Waals surface area (Å²) in [4.78, 5) is 11.7. The van der Waals surface area contributed by atoms with Gasteiger partial charge in [-0.25, -0.2) is 13.6 Å². The van der Waals surface area contributed by atoms with Crippen LogP contribution in [0.1, 0.15) is 25.8 Å². The molecule has 0 aliphatic rings. The van der Waals surface area contributed by atoms with Crippen LogP contribution < -0.4 is 15.8 Å². The summed E-state index contributed by atoms with van der Waals surface area (Å²) in [7, 11) is -3.67. The van der Waals surface area contributed by atoms with Crippen LogP contribution in [-0.4, -0.2) is 26.9 Å². The zero-order chi connectivity index (χ0) is 15.2. The molecular formula is C13H21N3O3S. The highest BCUT2D eigenvalue weighted by molar-refractivity contribution is 7.89. The van der Waals surface area contributed by atoms with Crippen molar-refractivity contribution in [3.63, 3.8) is 0 Å². The topological polar surface area (TPSA) is 101 Å². The molecular weight excluding hydrogens is 278 g/mol. The van der Waals surface area contributed by atoms with Crippen molar-refractivity contribution >= 4 is 15.9 Å². The highest BCUT2D eigenvalue weighted by Gasteiger charge is 2.09. The Balaban J connectivity index is 2.48. The molecule has 1 unspecified atom stereocenters. The number of primary sulfonamides is 1. The van der Waals surface area contributed by atoms with Gasteiger partial charge in [-0.2, -0.15) is 0 Å².